The molecule has 19 heteroatoms. The molecule has 2 aliphatic heterocycles. The Labute approximate surface area is 359 Å². The summed E-state index contributed by atoms with van der Waals surface area (Å²) < 4.78 is 71.4. The van der Waals surface area contributed by atoms with Crippen molar-refractivity contribution in [2.45, 2.75) is 45.3 Å². The number of hydrogen-bond donors (Lipinski definition) is 1. The molecule has 2 aromatic carbocycles. The van der Waals surface area contributed by atoms with Gasteiger partial charge in [0.1, 0.15) is 30.6 Å². The molecule has 1 saturated heterocycles. The quantitative estimate of drug-likeness (QED) is 0.0836. The smallest absolute Gasteiger partial charge is 0.419 e. The molecule has 7 rings (SSSR count). The highest BCUT2D eigenvalue weighted by Gasteiger charge is 2.44. The fourth-order valence-corrected chi connectivity index (χ4v) is 7.01. The molecular weight excluding hydrogens is 829 g/mol. The number of imide groups is 2. The number of fused-ring (bicyclic) bond motifs is 4. The van der Waals surface area contributed by atoms with Crippen LogP contribution >= 0.6 is 0 Å². The van der Waals surface area contributed by atoms with Crippen LogP contribution in [0.5, 0.6) is 11.6 Å². The van der Waals surface area contributed by atoms with Gasteiger partial charge in [-0.05, 0) is 63.6 Å². The van der Waals surface area contributed by atoms with Gasteiger partial charge in [-0.15, -0.1) is 0 Å². The molecule has 17 nitrogen and oxygen atoms in total. The molecule has 2 aliphatic rings. The minimum atomic E-state index is -1.12. The zero-order chi connectivity index (χ0) is 44.7. The van der Waals surface area contributed by atoms with E-state index in [1.54, 1.807) is 39.0 Å². The van der Waals surface area contributed by atoms with E-state index in [1.165, 1.54) is 47.4 Å². The molecule has 0 bridgehead atoms. The molecule has 1 unspecified atom stereocenters. The highest BCUT2D eigenvalue weighted by molar-refractivity contribution is 6.23. The average Bonchev–Trinajstić information content (AvgIpc) is 3.71. The van der Waals surface area contributed by atoms with Crippen molar-refractivity contribution < 1.29 is 65.9 Å². The normalized spacial score (nSPS) is 15.3. The molecule has 0 aliphatic carbocycles. The topological polar surface area (TPSA) is 196 Å². The summed E-state index contributed by atoms with van der Waals surface area (Å²) in [6, 6.07) is 9.46. The lowest BCUT2D eigenvalue weighted by Gasteiger charge is -2.27. The number of rotatable bonds is 19. The maximum absolute atomic E-state index is 15.7. The van der Waals surface area contributed by atoms with E-state index in [0.29, 0.717) is 50.9 Å². The van der Waals surface area contributed by atoms with E-state index in [9.17, 15) is 24.0 Å². The van der Waals surface area contributed by atoms with Gasteiger partial charge < -0.3 is 33.2 Å². The first-order valence-corrected chi connectivity index (χ1v) is 20.2. The summed E-state index contributed by atoms with van der Waals surface area (Å²) >= 11 is 0. The first-order chi connectivity index (χ1) is 30.3. The minimum Gasteiger partial charge on any atom is -0.491 e. The van der Waals surface area contributed by atoms with E-state index in [0.717, 1.165) is 4.90 Å². The van der Waals surface area contributed by atoms with Gasteiger partial charge in [0.2, 0.25) is 17.7 Å². The number of carbonyl (C=O) groups excluding carboxylic acids is 5. The third-order valence-electron chi connectivity index (χ3n) is 9.86. The van der Waals surface area contributed by atoms with Crippen LogP contribution in [0.4, 0.5) is 13.6 Å². The molecule has 4 amide bonds. The predicted molar refractivity (Wildman–Crippen MR) is 219 cm³/mol. The Bertz CT molecular complexity index is 2520. The van der Waals surface area contributed by atoms with Crippen molar-refractivity contribution in [2.24, 2.45) is 0 Å². The molecule has 1 fully saturated rings. The molecule has 0 spiro atoms. The molecule has 5 aromatic rings. The van der Waals surface area contributed by atoms with E-state index < -0.39 is 53.0 Å². The third kappa shape index (κ3) is 10.3. The second-order valence-electron chi connectivity index (χ2n) is 15.3. The number of amides is 4. The van der Waals surface area contributed by atoms with Crippen LogP contribution in [0.1, 0.15) is 54.3 Å². The molecule has 0 radical (unpaired) electrons. The van der Waals surface area contributed by atoms with Crippen molar-refractivity contribution in [1.29, 1.82) is 0 Å². The Morgan fingerprint density at radius 3 is 2.03 bits per heavy atom. The van der Waals surface area contributed by atoms with Crippen molar-refractivity contribution in [2.75, 3.05) is 66.1 Å². The van der Waals surface area contributed by atoms with Gasteiger partial charge in [-0.2, -0.15) is 0 Å². The van der Waals surface area contributed by atoms with Crippen molar-refractivity contribution in [3.63, 3.8) is 0 Å². The Morgan fingerprint density at radius 1 is 0.746 bits per heavy atom. The molecule has 332 valence electrons. The van der Waals surface area contributed by atoms with Crippen LogP contribution in [-0.2, 0) is 33.3 Å². The predicted octanol–water partition coefficient (Wildman–Crippen LogP) is 5.24. The van der Waals surface area contributed by atoms with E-state index in [1.807, 2.05) is 0 Å². The van der Waals surface area contributed by atoms with E-state index in [2.05, 4.69) is 15.3 Å². The third-order valence-corrected chi connectivity index (χ3v) is 9.86. The standard InChI is InChI=1S/C44H45F2N5O12/c1-44(2,3)63-43(56)50-32-10-11-47-25-31(32)37-34(50)23-29(38(45)39(37)46)26-4-9-36(48-24-26)62-21-19-60-17-15-58-13-12-57-14-16-59-18-20-61-27-5-6-28-30(22-27)42(55)51(41(28)54)33-7-8-35(52)49-40(33)53/h4-6,9-11,22-25,33H,7-8,12-21H2,1-3H3,(H,49,52,53). The summed E-state index contributed by atoms with van der Waals surface area (Å²) in [4.78, 5) is 72.0. The van der Waals surface area contributed by atoms with E-state index in [4.69, 9.17) is 33.2 Å². The minimum absolute atomic E-state index is 0.0421. The van der Waals surface area contributed by atoms with Crippen LogP contribution in [0, 0.1) is 11.6 Å². The van der Waals surface area contributed by atoms with Crippen molar-refractivity contribution in [3.05, 3.63) is 83.8 Å². The number of pyridine rings is 2. The van der Waals surface area contributed by atoms with Gasteiger partial charge in [-0.1, -0.05) is 0 Å². The molecule has 5 heterocycles. The van der Waals surface area contributed by atoms with Crippen LogP contribution in [0.2, 0.25) is 0 Å². The number of nitrogens with one attached hydrogen (secondary N) is 1. The fourth-order valence-electron chi connectivity index (χ4n) is 7.01. The monoisotopic (exact) mass is 873 g/mol. The molecule has 3 aromatic heterocycles. The van der Waals surface area contributed by atoms with Gasteiger partial charge in [0.15, 0.2) is 11.6 Å². The number of halogens is 2. The zero-order valence-corrected chi connectivity index (χ0v) is 34.8. The summed E-state index contributed by atoms with van der Waals surface area (Å²) in [5, 5.41) is 2.36. The van der Waals surface area contributed by atoms with Crippen molar-refractivity contribution in [3.8, 4) is 22.8 Å². The molecule has 1 atom stereocenters. The number of ether oxygens (including phenoxy) is 7. The van der Waals surface area contributed by atoms with E-state index >= 15 is 8.78 Å². The number of nitrogens with zero attached hydrogens (tertiary/aromatic N) is 4. The summed E-state index contributed by atoms with van der Waals surface area (Å²) in [6.07, 6.45) is 3.57. The van der Waals surface area contributed by atoms with Gasteiger partial charge >= 0.3 is 6.09 Å². The highest BCUT2D eigenvalue weighted by Crippen LogP contribution is 2.37. The number of carbonyl (C=O) groups is 5. The van der Waals surface area contributed by atoms with Gasteiger partial charge in [0.25, 0.3) is 11.8 Å². The largest absolute Gasteiger partial charge is 0.491 e. The Hall–Kier alpha value is -6.41. The second kappa shape index (κ2) is 19.7. The first kappa shape index (κ1) is 44.6. The number of benzene rings is 2. The van der Waals surface area contributed by atoms with Gasteiger partial charge in [0, 0.05) is 53.0 Å². The lowest BCUT2D eigenvalue weighted by molar-refractivity contribution is -0.136. The van der Waals surface area contributed by atoms with Crippen LogP contribution < -0.4 is 14.8 Å². The SMILES string of the molecule is CC(C)(C)OC(=O)n1c2ccncc2c2c(F)c(F)c(-c3ccc(OCCOCCOCCOCCOCCOc4ccc5c(c4)C(=O)N(C4CCC(=O)NC4=O)C5=O)nc3)cc21. The number of hydrogen-bond acceptors (Lipinski definition) is 14. The average molecular weight is 874 g/mol. The summed E-state index contributed by atoms with van der Waals surface area (Å²) in [5.74, 6) is -3.91. The maximum Gasteiger partial charge on any atom is 0.419 e. The van der Waals surface area contributed by atoms with Gasteiger partial charge in [-0.25, -0.2) is 23.1 Å². The lowest BCUT2D eigenvalue weighted by Crippen LogP contribution is -2.54. The Balaban J connectivity index is 0.745. The Kier molecular flexibility index (Phi) is 14.0. The van der Waals surface area contributed by atoms with Crippen molar-refractivity contribution in [1.82, 2.24) is 24.8 Å². The van der Waals surface area contributed by atoms with Gasteiger partial charge in [-0.3, -0.25) is 34.4 Å². The zero-order valence-electron chi connectivity index (χ0n) is 34.8. The summed E-state index contributed by atoms with van der Waals surface area (Å²) in [5.41, 5.74) is 0.103. The number of piperidine rings is 1. The van der Waals surface area contributed by atoms with E-state index in [-0.39, 0.29) is 83.7 Å². The Morgan fingerprint density at radius 2 is 1.40 bits per heavy atom. The summed E-state index contributed by atoms with van der Waals surface area (Å²) in [7, 11) is 0. The highest BCUT2D eigenvalue weighted by atomic mass is 19.2. The molecule has 0 saturated carbocycles. The molecular formula is C44H45F2N5O12. The lowest BCUT2D eigenvalue weighted by atomic mass is 10.0. The van der Waals surface area contributed by atoms with Crippen molar-refractivity contribution >= 4 is 51.5 Å². The molecule has 63 heavy (non-hydrogen) atoms. The van der Waals surface area contributed by atoms with Crippen LogP contribution in [0.15, 0.2) is 61.1 Å². The fraction of sp³-hybridized carbons (Fsp3) is 0.386. The maximum atomic E-state index is 15.7. The molecule has 1 N–H and O–H groups in total. The first-order valence-electron chi connectivity index (χ1n) is 20.2. The number of aromatic nitrogens is 3. The van der Waals surface area contributed by atoms with Crippen LogP contribution in [0.3, 0.4) is 0 Å². The summed E-state index contributed by atoms with van der Waals surface area (Å²) in [6.45, 7) is 7.98. The van der Waals surface area contributed by atoms with Gasteiger partial charge in [0.05, 0.1) is 75.0 Å². The van der Waals surface area contributed by atoms with Crippen LogP contribution in [-0.4, -0.2) is 127 Å². The van der Waals surface area contributed by atoms with Crippen LogP contribution in [0.25, 0.3) is 32.9 Å². The second-order valence-corrected chi connectivity index (χ2v) is 15.3.